The maximum atomic E-state index is 13.8. The molecule has 0 unspecified atom stereocenters. The molecule has 1 aromatic rings. The van der Waals surface area contributed by atoms with Gasteiger partial charge in [-0.25, -0.2) is 9.18 Å². The van der Waals surface area contributed by atoms with Crippen LogP contribution < -0.4 is 10.1 Å². The van der Waals surface area contributed by atoms with E-state index in [1.165, 1.54) is 6.07 Å². The summed E-state index contributed by atoms with van der Waals surface area (Å²) in [6.07, 6.45) is 1.98. The van der Waals surface area contributed by atoms with Gasteiger partial charge >= 0.3 is 6.09 Å². The molecule has 0 saturated carbocycles. The van der Waals surface area contributed by atoms with E-state index in [-0.39, 0.29) is 23.8 Å². The molecule has 1 saturated heterocycles. The second-order valence-electron chi connectivity index (χ2n) is 8.11. The van der Waals surface area contributed by atoms with Crippen molar-refractivity contribution < 1.29 is 23.5 Å². The van der Waals surface area contributed by atoms with Crippen LogP contribution in [0.15, 0.2) is 18.2 Å². The molecule has 1 fully saturated rings. The van der Waals surface area contributed by atoms with E-state index in [1.54, 1.807) is 17.0 Å². The van der Waals surface area contributed by atoms with Gasteiger partial charge in [0.25, 0.3) is 5.91 Å². The number of amides is 2. The Morgan fingerprint density at radius 2 is 2.11 bits per heavy atom. The van der Waals surface area contributed by atoms with E-state index in [0.717, 1.165) is 19.3 Å². The lowest BCUT2D eigenvalue weighted by Gasteiger charge is -2.36. The molecule has 2 heterocycles. The first kappa shape index (κ1) is 19.5. The zero-order valence-electron chi connectivity index (χ0n) is 16.1. The fourth-order valence-corrected chi connectivity index (χ4v) is 3.48. The summed E-state index contributed by atoms with van der Waals surface area (Å²) in [5.74, 6) is -0.586. The Hall–Kier alpha value is -2.31. The third-order valence-electron chi connectivity index (χ3n) is 4.77. The Labute approximate surface area is 159 Å². The molecular weight excluding hydrogens is 351 g/mol. The van der Waals surface area contributed by atoms with Gasteiger partial charge in [0.15, 0.2) is 17.7 Å². The van der Waals surface area contributed by atoms with Crippen LogP contribution in [-0.4, -0.2) is 47.7 Å². The number of para-hydroxylation sites is 1. The van der Waals surface area contributed by atoms with Crippen LogP contribution in [0.5, 0.6) is 5.75 Å². The zero-order valence-corrected chi connectivity index (χ0v) is 16.1. The van der Waals surface area contributed by atoms with Gasteiger partial charge in [-0.1, -0.05) is 12.1 Å². The number of benzene rings is 1. The highest BCUT2D eigenvalue weighted by molar-refractivity contribution is 5.82. The van der Waals surface area contributed by atoms with E-state index in [0.29, 0.717) is 25.1 Å². The van der Waals surface area contributed by atoms with E-state index in [4.69, 9.17) is 9.47 Å². The van der Waals surface area contributed by atoms with E-state index in [2.05, 4.69) is 5.32 Å². The van der Waals surface area contributed by atoms with Crippen molar-refractivity contribution in [2.75, 3.05) is 13.1 Å². The van der Waals surface area contributed by atoms with Crippen LogP contribution in [0, 0.1) is 5.82 Å². The highest BCUT2D eigenvalue weighted by Gasteiger charge is 2.34. The van der Waals surface area contributed by atoms with Crippen molar-refractivity contribution >= 4 is 12.0 Å². The average Bonchev–Trinajstić information content (AvgIpc) is 3.04. The number of ether oxygens (including phenoxy) is 2. The number of carbonyl (C=O) groups is 2. The van der Waals surface area contributed by atoms with Crippen molar-refractivity contribution in [1.29, 1.82) is 0 Å². The highest BCUT2D eigenvalue weighted by atomic mass is 19.1. The highest BCUT2D eigenvalue weighted by Crippen LogP contribution is 2.31. The Bertz CT molecular complexity index is 716. The molecule has 0 aliphatic carbocycles. The predicted molar refractivity (Wildman–Crippen MR) is 98.1 cm³/mol. The summed E-state index contributed by atoms with van der Waals surface area (Å²) in [6.45, 7) is 6.45. The van der Waals surface area contributed by atoms with Gasteiger partial charge in [-0.3, -0.25) is 4.79 Å². The van der Waals surface area contributed by atoms with Crippen LogP contribution in [0.1, 0.15) is 45.6 Å². The summed E-state index contributed by atoms with van der Waals surface area (Å²) in [6, 6.07) is 4.58. The van der Waals surface area contributed by atoms with Crippen molar-refractivity contribution in [3.05, 3.63) is 29.6 Å². The number of hydrogen-bond donors (Lipinski definition) is 1. The molecule has 2 atom stereocenters. The number of hydrogen-bond acceptors (Lipinski definition) is 4. The smallest absolute Gasteiger partial charge is 0.410 e. The molecule has 2 aliphatic rings. The molecule has 1 N–H and O–H groups in total. The Kier molecular flexibility index (Phi) is 5.58. The normalized spacial score (nSPS) is 22.0. The fourth-order valence-electron chi connectivity index (χ4n) is 3.48. The number of rotatable bonds is 3. The molecule has 0 aromatic heterocycles. The van der Waals surface area contributed by atoms with Crippen molar-refractivity contribution in [1.82, 2.24) is 10.2 Å². The summed E-state index contributed by atoms with van der Waals surface area (Å²) in [5, 5.41) is 2.86. The molecule has 6 nitrogen and oxygen atoms in total. The third-order valence-corrected chi connectivity index (χ3v) is 4.77. The largest absolute Gasteiger partial charge is 0.477 e. The summed E-state index contributed by atoms with van der Waals surface area (Å²) in [5.41, 5.74) is 0.138. The van der Waals surface area contributed by atoms with Crippen molar-refractivity contribution in [2.24, 2.45) is 0 Å². The summed E-state index contributed by atoms with van der Waals surface area (Å²) >= 11 is 0. The second-order valence-corrected chi connectivity index (χ2v) is 8.11. The van der Waals surface area contributed by atoms with Gasteiger partial charge in [-0.15, -0.1) is 0 Å². The maximum Gasteiger partial charge on any atom is 0.410 e. The Morgan fingerprint density at radius 1 is 1.33 bits per heavy atom. The van der Waals surface area contributed by atoms with E-state index >= 15 is 0 Å². The lowest BCUT2D eigenvalue weighted by atomic mass is 10.0. The summed E-state index contributed by atoms with van der Waals surface area (Å²) in [7, 11) is 0. The molecule has 27 heavy (non-hydrogen) atoms. The molecular formula is C20H27FN2O4. The summed E-state index contributed by atoms with van der Waals surface area (Å²) < 4.78 is 24.7. The number of fused-ring (bicyclic) bond motifs is 1. The molecule has 2 amide bonds. The minimum absolute atomic E-state index is 0.113. The minimum Gasteiger partial charge on any atom is -0.477 e. The monoisotopic (exact) mass is 378 g/mol. The zero-order chi connectivity index (χ0) is 19.6. The van der Waals surface area contributed by atoms with E-state index < -0.39 is 17.5 Å². The van der Waals surface area contributed by atoms with Gasteiger partial charge in [-0.2, -0.15) is 0 Å². The van der Waals surface area contributed by atoms with Crippen molar-refractivity contribution in [2.45, 2.75) is 64.2 Å². The number of likely N-dealkylation sites (tertiary alicyclic amines) is 1. The van der Waals surface area contributed by atoms with Crippen LogP contribution >= 0.6 is 0 Å². The quantitative estimate of drug-likeness (QED) is 0.878. The SMILES string of the molecule is CC(C)(C)OC(=O)N1CCCC[C@@H]1CNC(=O)[C@H]1Cc2cccc(F)c2O1. The van der Waals surface area contributed by atoms with Gasteiger partial charge in [0.05, 0.1) is 6.04 Å². The van der Waals surface area contributed by atoms with Gasteiger partial charge in [0.2, 0.25) is 0 Å². The molecule has 0 radical (unpaired) electrons. The topological polar surface area (TPSA) is 67.9 Å². The van der Waals surface area contributed by atoms with Crippen LogP contribution in [-0.2, 0) is 16.0 Å². The third kappa shape index (κ3) is 4.70. The lowest BCUT2D eigenvalue weighted by Crippen LogP contribution is -2.52. The first-order valence-electron chi connectivity index (χ1n) is 9.46. The molecule has 1 aromatic carbocycles. The number of halogens is 1. The summed E-state index contributed by atoms with van der Waals surface area (Å²) in [4.78, 5) is 26.6. The Morgan fingerprint density at radius 3 is 2.81 bits per heavy atom. The number of piperidine rings is 1. The Balaban J connectivity index is 1.56. The van der Waals surface area contributed by atoms with Crippen LogP contribution in [0.2, 0.25) is 0 Å². The van der Waals surface area contributed by atoms with Crippen LogP contribution in [0.4, 0.5) is 9.18 Å². The van der Waals surface area contributed by atoms with Crippen molar-refractivity contribution in [3.8, 4) is 5.75 Å². The molecule has 7 heteroatoms. The van der Waals surface area contributed by atoms with Gasteiger partial charge in [0, 0.05) is 25.1 Å². The first-order valence-corrected chi connectivity index (χ1v) is 9.46. The molecule has 148 valence electrons. The molecule has 0 spiro atoms. The molecule has 0 bridgehead atoms. The second kappa shape index (κ2) is 7.74. The van der Waals surface area contributed by atoms with Gasteiger partial charge in [0.1, 0.15) is 5.60 Å². The standard InChI is InChI=1S/C20H27FN2O4/c1-20(2,3)27-19(25)23-10-5-4-8-14(23)12-22-18(24)16-11-13-7-6-9-15(21)17(13)26-16/h6-7,9,14,16H,4-5,8,10-12H2,1-3H3,(H,22,24)/t14-,16-/m1/s1. The minimum atomic E-state index is -0.740. The van der Waals surface area contributed by atoms with E-state index in [1.807, 2.05) is 20.8 Å². The maximum absolute atomic E-state index is 13.8. The average molecular weight is 378 g/mol. The molecule has 3 rings (SSSR count). The predicted octanol–water partition coefficient (Wildman–Crippen LogP) is 3.04. The number of carbonyl (C=O) groups excluding carboxylic acids is 2. The lowest BCUT2D eigenvalue weighted by molar-refractivity contribution is -0.127. The van der Waals surface area contributed by atoms with Crippen LogP contribution in [0.3, 0.4) is 0 Å². The number of nitrogens with one attached hydrogen (secondary N) is 1. The fraction of sp³-hybridized carbons (Fsp3) is 0.600. The van der Waals surface area contributed by atoms with Crippen LogP contribution in [0.25, 0.3) is 0 Å². The molecule has 2 aliphatic heterocycles. The van der Waals surface area contributed by atoms with Crippen molar-refractivity contribution in [3.63, 3.8) is 0 Å². The first-order chi connectivity index (χ1) is 12.7. The number of nitrogens with zero attached hydrogens (tertiary/aromatic N) is 1. The van der Waals surface area contributed by atoms with Gasteiger partial charge < -0.3 is 19.7 Å². The van der Waals surface area contributed by atoms with Gasteiger partial charge in [-0.05, 0) is 46.1 Å². The van der Waals surface area contributed by atoms with E-state index in [9.17, 15) is 14.0 Å².